The molecule has 0 saturated heterocycles. The van der Waals surface area contributed by atoms with Crippen molar-refractivity contribution in [3.05, 3.63) is 24.0 Å². The molecule has 1 unspecified atom stereocenters. The Hall–Kier alpha value is -0.680. The van der Waals surface area contributed by atoms with Crippen molar-refractivity contribution in [2.75, 3.05) is 0 Å². The van der Waals surface area contributed by atoms with E-state index in [1.807, 2.05) is 0 Å². The van der Waals surface area contributed by atoms with Gasteiger partial charge in [-0.3, -0.25) is 9.78 Å². The van der Waals surface area contributed by atoms with Gasteiger partial charge >= 0.3 is 0 Å². The lowest BCUT2D eigenvalue weighted by atomic mass is 10.3. The highest BCUT2D eigenvalue weighted by molar-refractivity contribution is 8.76. The van der Waals surface area contributed by atoms with Crippen molar-refractivity contribution in [3.63, 3.8) is 0 Å². The zero-order chi connectivity index (χ0) is 7.84. The second kappa shape index (κ2) is 2.42. The van der Waals surface area contributed by atoms with E-state index in [9.17, 15) is 9.00 Å². The van der Waals surface area contributed by atoms with Gasteiger partial charge in [0.2, 0.25) is 5.12 Å². The average molecular weight is 185 g/mol. The minimum absolute atomic E-state index is 0.147. The molecular weight excluding hydrogens is 182 g/mol. The predicted octanol–water partition coefficient (Wildman–Crippen LogP) is 0.991. The molecule has 0 spiro atoms. The third-order valence-corrected chi connectivity index (χ3v) is 4.02. The van der Waals surface area contributed by atoms with Gasteiger partial charge in [-0.15, -0.1) is 0 Å². The molecule has 1 aliphatic rings. The van der Waals surface area contributed by atoms with Crippen LogP contribution in [0, 0.1) is 0 Å². The summed E-state index contributed by atoms with van der Waals surface area (Å²) in [6.07, 6.45) is 2.99. The topological polar surface area (TPSA) is 47.0 Å². The summed E-state index contributed by atoms with van der Waals surface area (Å²) < 4.78 is 11.1. The Bertz CT molecular complexity index is 317. The first-order valence-electron chi connectivity index (χ1n) is 2.87. The number of nitrogens with zero attached hydrogens (tertiary/aromatic N) is 1. The molecule has 2 rings (SSSR count). The lowest BCUT2D eigenvalue weighted by Gasteiger charge is -1.88. The van der Waals surface area contributed by atoms with E-state index in [1.54, 1.807) is 6.07 Å². The van der Waals surface area contributed by atoms with Crippen LogP contribution in [-0.2, 0) is 9.83 Å². The maximum absolute atomic E-state index is 11.1. The summed E-state index contributed by atoms with van der Waals surface area (Å²) in [5.41, 5.74) is 0.482. The maximum Gasteiger partial charge on any atom is 0.235 e. The third kappa shape index (κ3) is 1.00. The molecule has 1 aromatic heterocycles. The van der Waals surface area contributed by atoms with Crippen LogP contribution in [0.15, 0.2) is 23.4 Å². The molecule has 56 valence electrons. The average Bonchev–Trinajstić information content (AvgIpc) is 2.30. The van der Waals surface area contributed by atoms with Crippen molar-refractivity contribution in [1.82, 2.24) is 4.98 Å². The molecule has 2 heterocycles. The molecule has 11 heavy (non-hydrogen) atoms. The van der Waals surface area contributed by atoms with E-state index >= 15 is 0 Å². The Morgan fingerprint density at radius 2 is 2.36 bits per heavy atom. The second-order valence-corrected chi connectivity index (χ2v) is 4.83. The number of hydrogen-bond donors (Lipinski definition) is 0. The number of carbonyl (C=O) groups excluding carboxylic acids is 1. The highest BCUT2D eigenvalue weighted by atomic mass is 33.1. The van der Waals surface area contributed by atoms with Crippen LogP contribution in [0.1, 0.15) is 10.4 Å². The Kier molecular flexibility index (Phi) is 1.54. The van der Waals surface area contributed by atoms with Crippen LogP contribution in [0.25, 0.3) is 0 Å². The van der Waals surface area contributed by atoms with Gasteiger partial charge in [0, 0.05) is 23.2 Å². The summed E-state index contributed by atoms with van der Waals surface area (Å²) in [7, 11) is -0.358. The predicted molar refractivity (Wildman–Crippen MR) is 42.6 cm³/mol. The molecule has 1 aliphatic heterocycles. The highest BCUT2D eigenvalue weighted by Crippen LogP contribution is 2.32. The standard InChI is InChI=1S/C6H3NO2S2/c8-6-4-3-7-2-1-5(4)11(9)10-6/h1-3H. The van der Waals surface area contributed by atoms with E-state index in [-0.39, 0.29) is 5.12 Å². The minimum Gasteiger partial charge on any atom is -0.280 e. The molecule has 3 nitrogen and oxygen atoms in total. The van der Waals surface area contributed by atoms with E-state index in [0.717, 1.165) is 10.8 Å². The fraction of sp³-hybridized carbons (Fsp3) is 0. The van der Waals surface area contributed by atoms with Gasteiger partial charge < -0.3 is 0 Å². The molecule has 0 bridgehead atoms. The van der Waals surface area contributed by atoms with E-state index < -0.39 is 9.83 Å². The van der Waals surface area contributed by atoms with Crippen LogP contribution in [0.3, 0.4) is 0 Å². The van der Waals surface area contributed by atoms with Gasteiger partial charge in [0.1, 0.15) is 9.83 Å². The summed E-state index contributed by atoms with van der Waals surface area (Å²) in [6, 6.07) is 1.61. The van der Waals surface area contributed by atoms with Crippen LogP contribution >= 0.6 is 10.8 Å². The van der Waals surface area contributed by atoms with E-state index in [2.05, 4.69) is 4.98 Å². The smallest absolute Gasteiger partial charge is 0.235 e. The Balaban J connectivity index is 2.69. The lowest BCUT2D eigenvalue weighted by Crippen LogP contribution is -1.88. The lowest BCUT2D eigenvalue weighted by molar-refractivity contribution is 0.108. The first kappa shape index (κ1) is 7.00. The van der Waals surface area contributed by atoms with Crippen LogP contribution in [0.5, 0.6) is 0 Å². The normalized spacial score (nSPS) is 21.8. The zero-order valence-corrected chi connectivity index (χ0v) is 6.95. The van der Waals surface area contributed by atoms with E-state index in [1.165, 1.54) is 12.4 Å². The summed E-state index contributed by atoms with van der Waals surface area (Å²) in [4.78, 5) is 15.4. The van der Waals surface area contributed by atoms with Gasteiger partial charge in [0.05, 0.1) is 10.5 Å². The molecule has 5 heteroatoms. The van der Waals surface area contributed by atoms with Gasteiger partial charge in [0.25, 0.3) is 0 Å². The first-order valence-corrected chi connectivity index (χ1v) is 5.36. The van der Waals surface area contributed by atoms with Crippen LogP contribution < -0.4 is 0 Å². The molecule has 1 atom stereocenters. The molecule has 0 aliphatic carbocycles. The third-order valence-electron chi connectivity index (χ3n) is 1.33. The van der Waals surface area contributed by atoms with Crippen molar-refractivity contribution < 1.29 is 9.00 Å². The maximum atomic E-state index is 11.1. The number of fused-ring (bicyclic) bond motifs is 1. The van der Waals surface area contributed by atoms with E-state index in [0.29, 0.717) is 10.5 Å². The molecule has 0 aromatic carbocycles. The molecule has 0 N–H and O–H groups in total. The zero-order valence-electron chi connectivity index (χ0n) is 5.31. The SMILES string of the molecule is O=C1SS(=O)c2ccncc21. The number of hydrogen-bond acceptors (Lipinski definition) is 4. The monoisotopic (exact) mass is 185 g/mol. The summed E-state index contributed by atoms with van der Waals surface area (Å²) in [6.45, 7) is 0. The van der Waals surface area contributed by atoms with Crippen molar-refractivity contribution >= 4 is 25.7 Å². The number of carbonyl (C=O) groups is 1. The van der Waals surface area contributed by atoms with Crippen molar-refractivity contribution in [3.8, 4) is 0 Å². The van der Waals surface area contributed by atoms with Crippen LogP contribution in [0.2, 0.25) is 0 Å². The molecular formula is C6H3NO2S2. The highest BCUT2D eigenvalue weighted by Gasteiger charge is 2.27. The Labute approximate surface area is 69.1 Å². The summed E-state index contributed by atoms with van der Waals surface area (Å²) in [5, 5.41) is -0.147. The minimum atomic E-state index is -1.20. The Morgan fingerprint density at radius 3 is 3.09 bits per heavy atom. The van der Waals surface area contributed by atoms with E-state index in [4.69, 9.17) is 0 Å². The molecule has 1 aromatic rings. The van der Waals surface area contributed by atoms with Gasteiger partial charge in [-0.25, -0.2) is 4.21 Å². The van der Waals surface area contributed by atoms with Gasteiger partial charge in [-0.05, 0) is 6.07 Å². The fourth-order valence-corrected chi connectivity index (χ4v) is 3.27. The van der Waals surface area contributed by atoms with Gasteiger partial charge in [0.15, 0.2) is 0 Å². The molecule has 0 saturated carbocycles. The van der Waals surface area contributed by atoms with Crippen molar-refractivity contribution in [2.24, 2.45) is 0 Å². The molecule has 0 radical (unpaired) electrons. The van der Waals surface area contributed by atoms with Gasteiger partial charge in [-0.2, -0.15) is 0 Å². The van der Waals surface area contributed by atoms with Crippen molar-refractivity contribution in [2.45, 2.75) is 4.90 Å². The number of aromatic nitrogens is 1. The second-order valence-electron chi connectivity index (χ2n) is 1.98. The number of rotatable bonds is 0. The molecule has 0 amide bonds. The quantitative estimate of drug-likeness (QED) is 0.565. The van der Waals surface area contributed by atoms with Crippen molar-refractivity contribution in [1.29, 1.82) is 0 Å². The summed E-state index contributed by atoms with van der Waals surface area (Å²) >= 11 is 0. The van der Waals surface area contributed by atoms with Crippen LogP contribution in [-0.4, -0.2) is 14.3 Å². The van der Waals surface area contributed by atoms with Gasteiger partial charge in [-0.1, -0.05) is 0 Å². The largest absolute Gasteiger partial charge is 0.280 e. The fourth-order valence-electron chi connectivity index (χ4n) is 0.839. The first-order chi connectivity index (χ1) is 5.29. The molecule has 0 fully saturated rings. The number of pyridine rings is 1. The van der Waals surface area contributed by atoms with Crippen LogP contribution in [0.4, 0.5) is 0 Å². The summed E-state index contributed by atoms with van der Waals surface area (Å²) in [5.74, 6) is 0. The Morgan fingerprint density at radius 1 is 1.55 bits per heavy atom.